The van der Waals surface area contributed by atoms with E-state index >= 15 is 0 Å². The lowest BCUT2D eigenvalue weighted by Gasteiger charge is -2.23. The summed E-state index contributed by atoms with van der Waals surface area (Å²) in [7, 11) is 1.43. The molecule has 0 aromatic heterocycles. The molecule has 0 bridgehead atoms. The fraction of sp³-hybridized carbons (Fsp3) is 0.150. The van der Waals surface area contributed by atoms with Crippen molar-refractivity contribution in [3.63, 3.8) is 0 Å². The molecule has 0 unspecified atom stereocenters. The first-order valence-electron chi connectivity index (χ1n) is 8.31. The van der Waals surface area contributed by atoms with E-state index in [-0.39, 0.29) is 22.2 Å². The van der Waals surface area contributed by atoms with Gasteiger partial charge in [0.1, 0.15) is 10.4 Å². The van der Waals surface area contributed by atoms with Gasteiger partial charge in [0, 0.05) is 6.42 Å². The molecular formula is C20H17NO5S2. The Morgan fingerprint density at radius 2 is 2.00 bits per heavy atom. The molecule has 8 heteroatoms. The Bertz CT molecular complexity index is 958. The number of carboxylic acid groups (broad SMARTS) is 1. The van der Waals surface area contributed by atoms with Crippen molar-refractivity contribution in [2.75, 3.05) is 7.11 Å². The largest absolute Gasteiger partial charge is 0.504 e. The number of carbonyl (C=O) groups excluding carboxylic acids is 1. The van der Waals surface area contributed by atoms with Crippen LogP contribution < -0.4 is 4.74 Å². The summed E-state index contributed by atoms with van der Waals surface area (Å²) >= 11 is 6.34. The van der Waals surface area contributed by atoms with Crippen LogP contribution in [0.2, 0.25) is 0 Å². The number of nitrogens with zero attached hydrogens (tertiary/aromatic N) is 1. The first-order valence-corrected chi connectivity index (χ1v) is 9.54. The number of hydrogen-bond acceptors (Lipinski definition) is 6. The maximum absolute atomic E-state index is 12.9. The summed E-state index contributed by atoms with van der Waals surface area (Å²) in [6.07, 6.45) is 1.76. The van der Waals surface area contributed by atoms with Crippen LogP contribution in [0.4, 0.5) is 0 Å². The summed E-state index contributed by atoms with van der Waals surface area (Å²) < 4.78 is 5.27. The summed E-state index contributed by atoms with van der Waals surface area (Å²) in [5.41, 5.74) is 1.43. The topological polar surface area (TPSA) is 87.1 Å². The molecule has 144 valence electrons. The minimum Gasteiger partial charge on any atom is -0.504 e. The van der Waals surface area contributed by atoms with Gasteiger partial charge in [-0.1, -0.05) is 60.4 Å². The SMILES string of the molecule is COc1cc(/C=C2/SC(=S)N([C@@H](Cc3ccccc3)C(=O)O)C2=O)ccc1O. The van der Waals surface area contributed by atoms with Crippen molar-refractivity contribution in [1.82, 2.24) is 4.90 Å². The molecule has 0 spiro atoms. The van der Waals surface area contributed by atoms with Gasteiger partial charge in [0.15, 0.2) is 11.5 Å². The Morgan fingerprint density at radius 3 is 2.64 bits per heavy atom. The van der Waals surface area contributed by atoms with Crippen molar-refractivity contribution >= 4 is 46.3 Å². The highest BCUT2D eigenvalue weighted by molar-refractivity contribution is 8.26. The molecule has 1 saturated heterocycles. The van der Waals surface area contributed by atoms with Crippen molar-refractivity contribution in [2.45, 2.75) is 12.5 Å². The van der Waals surface area contributed by atoms with Gasteiger partial charge in [-0.15, -0.1) is 0 Å². The van der Waals surface area contributed by atoms with Crippen molar-refractivity contribution in [3.05, 3.63) is 64.6 Å². The smallest absolute Gasteiger partial charge is 0.327 e. The molecule has 1 amide bonds. The highest BCUT2D eigenvalue weighted by Crippen LogP contribution is 2.36. The zero-order chi connectivity index (χ0) is 20.3. The molecule has 0 aliphatic carbocycles. The van der Waals surface area contributed by atoms with Gasteiger partial charge in [-0.3, -0.25) is 9.69 Å². The number of methoxy groups -OCH3 is 1. The van der Waals surface area contributed by atoms with Gasteiger partial charge in [0.05, 0.1) is 12.0 Å². The minimum atomic E-state index is -1.12. The predicted octanol–water partition coefficient (Wildman–Crippen LogP) is 3.30. The van der Waals surface area contributed by atoms with Crippen LogP contribution in [0.25, 0.3) is 6.08 Å². The normalized spacial score (nSPS) is 16.5. The molecule has 1 aliphatic heterocycles. The van der Waals surface area contributed by atoms with E-state index in [0.717, 1.165) is 22.2 Å². The fourth-order valence-electron chi connectivity index (χ4n) is 2.81. The summed E-state index contributed by atoms with van der Waals surface area (Å²) in [6.45, 7) is 0. The fourth-order valence-corrected chi connectivity index (χ4v) is 4.17. The number of hydrogen-bond donors (Lipinski definition) is 2. The monoisotopic (exact) mass is 415 g/mol. The molecule has 28 heavy (non-hydrogen) atoms. The van der Waals surface area contributed by atoms with Crippen LogP contribution in [0.3, 0.4) is 0 Å². The molecule has 2 aromatic rings. The van der Waals surface area contributed by atoms with Gasteiger partial charge in [-0.05, 0) is 29.3 Å². The lowest BCUT2D eigenvalue weighted by molar-refractivity contribution is -0.145. The quantitative estimate of drug-likeness (QED) is 0.553. The highest BCUT2D eigenvalue weighted by atomic mass is 32.2. The van der Waals surface area contributed by atoms with E-state index in [9.17, 15) is 19.8 Å². The van der Waals surface area contributed by atoms with Crippen LogP contribution in [0.1, 0.15) is 11.1 Å². The van der Waals surface area contributed by atoms with Crippen molar-refractivity contribution in [1.29, 1.82) is 0 Å². The standard InChI is InChI=1S/C20H17NO5S2/c1-26-16-10-13(7-8-15(16)22)11-17-18(23)21(20(27)28-17)14(19(24)25)9-12-5-3-2-4-6-12/h2-8,10-11,14,22H,9H2,1H3,(H,24,25)/b17-11+/t14-/m0/s1. The molecule has 1 atom stereocenters. The molecule has 0 radical (unpaired) electrons. The van der Waals surface area contributed by atoms with Crippen LogP contribution in [0, 0.1) is 0 Å². The number of aromatic hydroxyl groups is 1. The summed E-state index contributed by atoms with van der Waals surface area (Å²) in [4.78, 5) is 26.2. The third-order valence-corrected chi connectivity index (χ3v) is 5.52. The number of benzene rings is 2. The second-order valence-corrected chi connectivity index (χ2v) is 7.70. The van der Waals surface area contributed by atoms with E-state index in [1.54, 1.807) is 18.2 Å². The van der Waals surface area contributed by atoms with E-state index in [4.69, 9.17) is 17.0 Å². The molecule has 2 N–H and O–H groups in total. The van der Waals surface area contributed by atoms with E-state index < -0.39 is 17.9 Å². The summed E-state index contributed by atoms with van der Waals surface area (Å²) in [5, 5.41) is 19.4. The molecule has 3 rings (SSSR count). The van der Waals surface area contributed by atoms with Crippen LogP contribution in [0.15, 0.2) is 53.4 Å². The molecule has 1 fully saturated rings. The van der Waals surface area contributed by atoms with Crippen molar-refractivity contribution in [2.24, 2.45) is 0 Å². The third kappa shape index (κ3) is 4.18. The number of phenolic OH excluding ortho intramolecular Hbond substituents is 1. The number of thiocarbonyl (C=S) groups is 1. The van der Waals surface area contributed by atoms with Gasteiger partial charge >= 0.3 is 5.97 Å². The zero-order valence-electron chi connectivity index (χ0n) is 14.9. The van der Waals surface area contributed by atoms with Crippen molar-refractivity contribution in [3.8, 4) is 11.5 Å². The average Bonchev–Trinajstić information content (AvgIpc) is 2.95. The number of carbonyl (C=O) groups is 2. The number of thioether (sulfide) groups is 1. The average molecular weight is 415 g/mol. The molecule has 1 heterocycles. The Hall–Kier alpha value is -2.84. The van der Waals surface area contributed by atoms with Gasteiger partial charge in [0.25, 0.3) is 5.91 Å². The maximum atomic E-state index is 12.9. The molecule has 1 aliphatic rings. The van der Waals surface area contributed by atoms with E-state index in [1.807, 2.05) is 30.3 Å². The van der Waals surface area contributed by atoms with Gasteiger partial charge in [0.2, 0.25) is 0 Å². The maximum Gasteiger partial charge on any atom is 0.327 e. The number of phenols is 1. The van der Waals surface area contributed by atoms with Gasteiger partial charge < -0.3 is 14.9 Å². The molecule has 0 saturated carbocycles. The van der Waals surface area contributed by atoms with E-state index in [1.165, 1.54) is 13.2 Å². The van der Waals surface area contributed by atoms with E-state index in [0.29, 0.717) is 10.5 Å². The molecule has 6 nitrogen and oxygen atoms in total. The molecule has 2 aromatic carbocycles. The number of carboxylic acids is 1. The first kappa shape index (κ1) is 19.9. The Labute approximate surface area is 171 Å². The minimum absolute atomic E-state index is 0.0130. The Morgan fingerprint density at radius 1 is 1.29 bits per heavy atom. The third-order valence-electron chi connectivity index (χ3n) is 4.19. The predicted molar refractivity (Wildman–Crippen MR) is 111 cm³/mol. The zero-order valence-corrected chi connectivity index (χ0v) is 16.5. The Kier molecular flexibility index (Phi) is 6.01. The summed E-state index contributed by atoms with van der Waals surface area (Å²) in [5.74, 6) is -1.31. The van der Waals surface area contributed by atoms with Gasteiger partial charge in [-0.25, -0.2) is 4.79 Å². The van der Waals surface area contributed by atoms with Crippen LogP contribution >= 0.6 is 24.0 Å². The Balaban J connectivity index is 1.88. The molecular weight excluding hydrogens is 398 g/mol. The lowest BCUT2D eigenvalue weighted by atomic mass is 10.0. The second kappa shape index (κ2) is 8.45. The number of ether oxygens (including phenoxy) is 1. The van der Waals surface area contributed by atoms with Gasteiger partial charge in [-0.2, -0.15) is 0 Å². The summed E-state index contributed by atoms with van der Waals surface area (Å²) in [6, 6.07) is 12.7. The highest BCUT2D eigenvalue weighted by Gasteiger charge is 2.40. The lowest BCUT2D eigenvalue weighted by Crippen LogP contribution is -2.45. The van der Waals surface area contributed by atoms with Crippen molar-refractivity contribution < 1.29 is 24.5 Å². The number of amides is 1. The first-order chi connectivity index (χ1) is 13.4. The van der Waals surface area contributed by atoms with Crippen LogP contribution in [-0.4, -0.2) is 44.5 Å². The van der Waals surface area contributed by atoms with Crippen LogP contribution in [0.5, 0.6) is 11.5 Å². The van der Waals surface area contributed by atoms with E-state index in [2.05, 4.69) is 0 Å². The van der Waals surface area contributed by atoms with Crippen LogP contribution in [-0.2, 0) is 16.0 Å². The number of rotatable bonds is 6. The number of aliphatic carboxylic acids is 1. The second-order valence-electron chi connectivity index (χ2n) is 6.03.